The van der Waals surface area contributed by atoms with Crippen LogP contribution in [0, 0.1) is 0 Å². The zero-order valence-electron chi connectivity index (χ0n) is 22.1. The van der Waals surface area contributed by atoms with Gasteiger partial charge in [0.05, 0.1) is 6.54 Å². The van der Waals surface area contributed by atoms with Gasteiger partial charge >= 0.3 is 0 Å². The van der Waals surface area contributed by atoms with Gasteiger partial charge in [0.2, 0.25) is 19.2 Å². The van der Waals surface area contributed by atoms with E-state index < -0.39 is 0 Å². The third-order valence-electron chi connectivity index (χ3n) is 2.98. The quantitative estimate of drug-likeness (QED) is 0.194. The topological polar surface area (TPSA) is 186 Å². The van der Waals surface area contributed by atoms with E-state index >= 15 is 0 Å². The molecule has 33 heavy (non-hydrogen) atoms. The maximum Gasteiger partial charge on any atom is 0.209 e. The Morgan fingerprint density at radius 1 is 1.12 bits per heavy atom. The first kappa shape index (κ1) is 40.6. The van der Waals surface area contributed by atoms with Gasteiger partial charge in [0.25, 0.3) is 0 Å². The van der Waals surface area contributed by atoms with Crippen LogP contribution in [-0.2, 0) is 19.2 Å². The van der Waals surface area contributed by atoms with Crippen LogP contribution < -0.4 is 27.8 Å². The van der Waals surface area contributed by atoms with E-state index in [1.54, 1.807) is 0 Å². The van der Waals surface area contributed by atoms with Crippen LogP contribution in [0.1, 0.15) is 74.7 Å². The number of ketones is 1. The maximum atomic E-state index is 10.1. The second-order valence-electron chi connectivity index (χ2n) is 6.76. The van der Waals surface area contributed by atoms with Crippen molar-refractivity contribution >= 4 is 31.0 Å². The molecular weight excluding hydrogens is 426 g/mol. The maximum absolute atomic E-state index is 10.1. The minimum atomic E-state index is -0.0351. The highest BCUT2D eigenvalue weighted by atomic mass is 16.1. The molecule has 11 heteroatoms. The van der Waals surface area contributed by atoms with E-state index in [4.69, 9.17) is 17.2 Å². The number of guanidine groups is 1. The van der Waals surface area contributed by atoms with Gasteiger partial charge in [-0.2, -0.15) is 0 Å². The van der Waals surface area contributed by atoms with Gasteiger partial charge in [-0.15, -0.1) is 0 Å². The van der Waals surface area contributed by atoms with Crippen LogP contribution in [0.3, 0.4) is 0 Å². The molecule has 198 valence electrons. The molecular formula is C22H51N7O4. The Bertz CT molecular complexity index is 455. The first-order valence-corrected chi connectivity index (χ1v) is 11.4. The lowest BCUT2D eigenvalue weighted by Crippen LogP contribution is -2.24. The van der Waals surface area contributed by atoms with Gasteiger partial charge in [-0.1, -0.05) is 34.6 Å². The smallest absolute Gasteiger partial charge is 0.209 e. The van der Waals surface area contributed by atoms with Crippen LogP contribution in [0.25, 0.3) is 0 Å². The summed E-state index contributed by atoms with van der Waals surface area (Å²) in [6.07, 6.45) is 5.48. The number of rotatable bonds is 8. The van der Waals surface area contributed by atoms with Gasteiger partial charge in [0, 0.05) is 25.7 Å². The molecule has 1 heterocycles. The molecule has 0 saturated carbocycles. The van der Waals surface area contributed by atoms with Gasteiger partial charge in [0.15, 0.2) is 5.96 Å². The summed E-state index contributed by atoms with van der Waals surface area (Å²) in [6, 6.07) is 0.826. The van der Waals surface area contributed by atoms with Crippen molar-refractivity contribution in [3.8, 4) is 0 Å². The second kappa shape index (κ2) is 36.7. The number of carbonyl (C=O) groups excluding carboxylic acids is 4. The number of hydrogen-bond donors (Lipinski definition) is 5. The Labute approximate surface area is 201 Å². The van der Waals surface area contributed by atoms with Crippen molar-refractivity contribution in [1.29, 1.82) is 0 Å². The molecule has 1 saturated heterocycles. The van der Waals surface area contributed by atoms with Crippen molar-refractivity contribution in [2.75, 3.05) is 26.2 Å². The van der Waals surface area contributed by atoms with E-state index in [0.717, 1.165) is 32.5 Å². The third-order valence-corrected chi connectivity index (χ3v) is 2.98. The van der Waals surface area contributed by atoms with E-state index in [-0.39, 0.29) is 18.3 Å². The molecule has 0 aromatic carbocycles. The fourth-order valence-corrected chi connectivity index (χ4v) is 1.62. The van der Waals surface area contributed by atoms with Crippen molar-refractivity contribution in [1.82, 2.24) is 15.5 Å². The van der Waals surface area contributed by atoms with Gasteiger partial charge in [-0.05, 0) is 46.1 Å². The van der Waals surface area contributed by atoms with Crippen LogP contribution >= 0.6 is 0 Å². The van der Waals surface area contributed by atoms with Crippen LogP contribution in [0.4, 0.5) is 0 Å². The standard InChI is InChI=1S/C6H11NO.C4H11N3.C4H7NO2.C3H7NO.C3H9N.C2H6/c1-6-3-2-4-7(6)5-8;1-2-3-7-4(5)6;1-4(7)2-5-3-6;1-2-4-3-5;1-3(2)4;1-2/h5-6H,2-4H2,1H3;2-3H2,1H3,(H4,5,6,7);3H,2H2,1H3,(H,5,6);3H,2H2,1H3,(H,4,5);3H,4H2,1-2H3;1-2H3. The average Bonchev–Trinajstić information content (AvgIpc) is 3.18. The summed E-state index contributed by atoms with van der Waals surface area (Å²) in [6.45, 7) is 17.8. The van der Waals surface area contributed by atoms with Crippen molar-refractivity contribution in [2.24, 2.45) is 22.2 Å². The molecule has 1 aliphatic heterocycles. The van der Waals surface area contributed by atoms with Crippen molar-refractivity contribution in [2.45, 2.75) is 86.7 Å². The minimum Gasteiger partial charge on any atom is -0.370 e. The molecule has 1 fully saturated rings. The number of aliphatic imine (C=N–C) groups is 1. The van der Waals surface area contributed by atoms with Crippen molar-refractivity contribution < 1.29 is 19.2 Å². The van der Waals surface area contributed by atoms with Crippen LogP contribution in [-0.4, -0.2) is 74.1 Å². The highest BCUT2D eigenvalue weighted by Gasteiger charge is 2.16. The van der Waals surface area contributed by atoms with Gasteiger partial charge < -0.3 is 32.7 Å². The molecule has 1 unspecified atom stereocenters. The van der Waals surface area contributed by atoms with Crippen molar-refractivity contribution in [3.05, 3.63) is 0 Å². The van der Waals surface area contributed by atoms with E-state index in [0.29, 0.717) is 24.9 Å². The molecule has 1 atom stereocenters. The number of carbonyl (C=O) groups is 4. The monoisotopic (exact) mass is 477 g/mol. The first-order chi connectivity index (χ1) is 15.5. The lowest BCUT2D eigenvalue weighted by Gasteiger charge is -2.13. The van der Waals surface area contributed by atoms with Crippen LogP contribution in [0.15, 0.2) is 4.99 Å². The number of Topliss-reactive ketones (excluding diaryl/α,β-unsaturated/α-hetero) is 1. The Balaban J connectivity index is -0.0000000989. The minimum absolute atomic E-state index is 0.0351. The summed E-state index contributed by atoms with van der Waals surface area (Å²) in [5.74, 6) is 0.147. The summed E-state index contributed by atoms with van der Waals surface area (Å²) in [7, 11) is 0. The number of nitrogens with two attached hydrogens (primary N) is 3. The molecule has 0 aliphatic carbocycles. The Morgan fingerprint density at radius 3 is 1.73 bits per heavy atom. The molecule has 1 rings (SSSR count). The van der Waals surface area contributed by atoms with E-state index in [1.165, 1.54) is 19.8 Å². The predicted molar refractivity (Wildman–Crippen MR) is 138 cm³/mol. The van der Waals surface area contributed by atoms with Crippen LogP contribution in [0.5, 0.6) is 0 Å². The molecule has 3 amide bonds. The molecule has 0 radical (unpaired) electrons. The first-order valence-electron chi connectivity index (χ1n) is 11.4. The molecule has 0 aromatic heterocycles. The molecule has 0 spiro atoms. The summed E-state index contributed by atoms with van der Waals surface area (Å²) < 4.78 is 0. The highest BCUT2D eigenvalue weighted by Crippen LogP contribution is 2.12. The lowest BCUT2D eigenvalue weighted by atomic mass is 10.2. The van der Waals surface area contributed by atoms with Crippen LogP contribution in [0.2, 0.25) is 0 Å². The molecule has 0 bridgehead atoms. The fraction of sp³-hybridized carbons (Fsp3) is 0.773. The lowest BCUT2D eigenvalue weighted by molar-refractivity contribution is -0.119. The van der Waals surface area contributed by atoms with E-state index in [1.807, 2.05) is 46.4 Å². The largest absolute Gasteiger partial charge is 0.370 e. The number of nitrogens with one attached hydrogen (secondary N) is 2. The number of nitrogens with zero attached hydrogens (tertiary/aromatic N) is 2. The normalized spacial score (nSPS) is 12.5. The second-order valence-corrected chi connectivity index (χ2v) is 6.76. The van der Waals surface area contributed by atoms with Gasteiger partial charge in [-0.3, -0.25) is 24.2 Å². The van der Waals surface area contributed by atoms with E-state index in [2.05, 4.69) is 22.5 Å². The van der Waals surface area contributed by atoms with Gasteiger partial charge in [0.1, 0.15) is 5.78 Å². The summed E-state index contributed by atoms with van der Waals surface area (Å²) in [5.41, 5.74) is 15.1. The fourth-order valence-electron chi connectivity index (χ4n) is 1.62. The third kappa shape index (κ3) is 58.6. The molecule has 8 N–H and O–H groups in total. The van der Waals surface area contributed by atoms with Crippen molar-refractivity contribution in [3.63, 3.8) is 0 Å². The van der Waals surface area contributed by atoms with E-state index in [9.17, 15) is 19.2 Å². The Kier molecular flexibility index (Phi) is 45.2. The molecule has 11 nitrogen and oxygen atoms in total. The summed E-state index contributed by atoms with van der Waals surface area (Å²) >= 11 is 0. The zero-order chi connectivity index (χ0) is 27.1. The average molecular weight is 478 g/mol. The SMILES string of the molecule is CC.CC(=O)CNC=O.CC(C)N.CC1CCCN1C=O.CCCN=C(N)N.CCNC=O. The van der Waals surface area contributed by atoms with Gasteiger partial charge in [-0.25, -0.2) is 0 Å². The summed E-state index contributed by atoms with van der Waals surface area (Å²) in [5, 5.41) is 4.65. The highest BCUT2D eigenvalue weighted by molar-refractivity contribution is 5.79. The molecule has 0 aromatic rings. The number of likely N-dealkylation sites (tertiary alicyclic amines) is 1. The summed E-state index contributed by atoms with van der Waals surface area (Å²) in [4.78, 5) is 44.4. The zero-order valence-corrected chi connectivity index (χ0v) is 22.1. The Hall–Kier alpha value is -2.69. The molecule has 1 aliphatic rings. The number of hydrogen-bond acceptors (Lipinski definition) is 6. The number of amides is 3. The Morgan fingerprint density at radius 2 is 1.61 bits per heavy atom. The predicted octanol–water partition coefficient (Wildman–Crippen LogP) is 0.750.